The van der Waals surface area contributed by atoms with Gasteiger partial charge in [0.2, 0.25) is 5.91 Å². The largest absolute Gasteiger partial charge is 0.310 e. The van der Waals surface area contributed by atoms with Crippen LogP contribution in [-0.2, 0) is 24.2 Å². The summed E-state index contributed by atoms with van der Waals surface area (Å²) >= 11 is 1.62. The Labute approximate surface area is 185 Å². The monoisotopic (exact) mass is 434 g/mol. The average Bonchev–Trinajstić information content (AvgIpc) is 2.95. The molecule has 2 heterocycles. The molecule has 0 unspecified atom stereocenters. The number of aryl methyl sites for hydroxylation is 3. The Morgan fingerprint density at radius 3 is 2.87 bits per heavy atom. The van der Waals surface area contributed by atoms with Crippen molar-refractivity contribution in [2.45, 2.75) is 58.9 Å². The zero-order valence-electron chi connectivity index (χ0n) is 18.0. The summed E-state index contributed by atoms with van der Waals surface area (Å²) in [6.45, 7) is 4.16. The first kappa shape index (κ1) is 21.3. The quantitative estimate of drug-likeness (QED) is 0.561. The van der Waals surface area contributed by atoms with E-state index in [4.69, 9.17) is 5.26 Å². The molecule has 0 atom stereocenters. The first-order valence-electron chi connectivity index (χ1n) is 10.7. The van der Waals surface area contributed by atoms with E-state index in [1.54, 1.807) is 16.2 Å². The van der Waals surface area contributed by atoms with E-state index in [0.717, 1.165) is 52.9 Å². The number of anilines is 1. The molecule has 0 spiro atoms. The number of fused-ring (bicyclic) bond motifs is 3. The van der Waals surface area contributed by atoms with Gasteiger partial charge in [-0.25, -0.2) is 4.98 Å². The van der Waals surface area contributed by atoms with Gasteiger partial charge in [0.05, 0.1) is 24.2 Å². The second kappa shape index (κ2) is 9.03. The van der Waals surface area contributed by atoms with Crippen LogP contribution in [0, 0.1) is 25.2 Å². The molecule has 4 rings (SSSR count). The molecule has 6 nitrogen and oxygen atoms in total. The molecule has 1 aromatic carbocycles. The topological polar surface area (TPSA) is 79.0 Å². The van der Waals surface area contributed by atoms with Crippen molar-refractivity contribution in [3.8, 4) is 6.07 Å². The summed E-state index contributed by atoms with van der Waals surface area (Å²) in [7, 11) is 0. The molecule has 0 radical (unpaired) electrons. The Morgan fingerprint density at radius 1 is 1.26 bits per heavy atom. The molecule has 31 heavy (non-hydrogen) atoms. The fourth-order valence-electron chi connectivity index (χ4n) is 4.27. The molecular weight excluding hydrogens is 408 g/mol. The van der Waals surface area contributed by atoms with Crippen molar-refractivity contribution in [1.82, 2.24) is 9.55 Å². The van der Waals surface area contributed by atoms with Gasteiger partial charge >= 0.3 is 0 Å². The maximum Gasteiger partial charge on any atom is 0.262 e. The molecule has 0 saturated carbocycles. The minimum absolute atomic E-state index is 0.0921. The molecule has 160 valence electrons. The molecule has 0 N–H and O–H groups in total. The number of nitrogens with zero attached hydrogens (tertiary/aromatic N) is 4. The first-order chi connectivity index (χ1) is 15.0. The summed E-state index contributed by atoms with van der Waals surface area (Å²) in [5, 5.41) is 9.77. The molecule has 3 aromatic rings. The number of hydrogen-bond donors (Lipinski definition) is 0. The lowest BCUT2D eigenvalue weighted by Crippen LogP contribution is -2.37. The van der Waals surface area contributed by atoms with Gasteiger partial charge in [-0.05, 0) is 62.3 Å². The van der Waals surface area contributed by atoms with Gasteiger partial charge in [-0.1, -0.05) is 18.6 Å². The minimum Gasteiger partial charge on any atom is -0.310 e. The van der Waals surface area contributed by atoms with Crippen LogP contribution in [0.4, 0.5) is 5.69 Å². The standard InChI is InChI=1S/C24H26N4O2S/c1-16-8-6-10-19(17(16)2)28(13-7-12-25)21(29)14-27-15-26-23-22(24(27)30)18-9-4-3-5-11-20(18)31-23/h6,8,10,15H,3-5,7,9,11,13-14H2,1-2H3. The third-order valence-electron chi connectivity index (χ3n) is 6.11. The fraction of sp³-hybridized carbons (Fsp3) is 0.417. The van der Waals surface area contributed by atoms with E-state index >= 15 is 0 Å². The van der Waals surface area contributed by atoms with Crippen LogP contribution in [0.2, 0.25) is 0 Å². The number of aromatic nitrogens is 2. The molecule has 1 amide bonds. The predicted molar refractivity (Wildman–Crippen MR) is 124 cm³/mol. The van der Waals surface area contributed by atoms with Gasteiger partial charge in [0.25, 0.3) is 5.56 Å². The van der Waals surface area contributed by atoms with Crippen LogP contribution in [0.3, 0.4) is 0 Å². The number of thiophene rings is 1. The van der Waals surface area contributed by atoms with Crippen molar-refractivity contribution in [2.24, 2.45) is 0 Å². The zero-order chi connectivity index (χ0) is 22.0. The SMILES string of the molecule is Cc1cccc(N(CCC#N)C(=O)Cn2cnc3sc4c(c3c2=O)CCCCC4)c1C. The highest BCUT2D eigenvalue weighted by molar-refractivity contribution is 7.18. The van der Waals surface area contributed by atoms with Crippen molar-refractivity contribution < 1.29 is 4.79 Å². The van der Waals surface area contributed by atoms with Crippen LogP contribution in [0.15, 0.2) is 29.3 Å². The Bertz CT molecular complexity index is 1230. The lowest BCUT2D eigenvalue weighted by Gasteiger charge is -2.24. The zero-order valence-corrected chi connectivity index (χ0v) is 18.8. The van der Waals surface area contributed by atoms with E-state index in [9.17, 15) is 9.59 Å². The molecule has 0 saturated heterocycles. The summed E-state index contributed by atoms with van der Waals surface area (Å²) in [4.78, 5) is 34.8. The van der Waals surface area contributed by atoms with Crippen LogP contribution in [0.1, 0.15) is 47.3 Å². The lowest BCUT2D eigenvalue weighted by atomic mass is 10.1. The van der Waals surface area contributed by atoms with E-state index < -0.39 is 0 Å². The minimum atomic E-state index is -0.214. The highest BCUT2D eigenvalue weighted by atomic mass is 32.1. The van der Waals surface area contributed by atoms with Crippen LogP contribution in [0.25, 0.3) is 10.2 Å². The molecule has 0 aliphatic heterocycles. The Balaban J connectivity index is 1.69. The van der Waals surface area contributed by atoms with Gasteiger partial charge in [0.1, 0.15) is 11.4 Å². The summed E-state index contributed by atoms with van der Waals surface area (Å²) in [6.07, 6.45) is 7.04. The second-order valence-electron chi connectivity index (χ2n) is 8.09. The number of amides is 1. The second-order valence-corrected chi connectivity index (χ2v) is 9.18. The van der Waals surface area contributed by atoms with Gasteiger partial charge < -0.3 is 4.90 Å². The number of benzene rings is 1. The van der Waals surface area contributed by atoms with Crippen molar-refractivity contribution in [2.75, 3.05) is 11.4 Å². The van der Waals surface area contributed by atoms with E-state index in [-0.39, 0.29) is 31.0 Å². The van der Waals surface area contributed by atoms with Crippen LogP contribution < -0.4 is 10.5 Å². The van der Waals surface area contributed by atoms with Gasteiger partial charge in [-0.3, -0.25) is 14.2 Å². The van der Waals surface area contributed by atoms with Gasteiger partial charge in [-0.2, -0.15) is 5.26 Å². The van der Waals surface area contributed by atoms with Gasteiger partial charge in [0, 0.05) is 17.1 Å². The highest BCUT2D eigenvalue weighted by Gasteiger charge is 2.22. The first-order valence-corrected chi connectivity index (χ1v) is 11.6. The number of nitriles is 1. The third-order valence-corrected chi connectivity index (χ3v) is 7.31. The van der Waals surface area contributed by atoms with Crippen molar-refractivity contribution in [3.63, 3.8) is 0 Å². The van der Waals surface area contributed by atoms with Crippen LogP contribution >= 0.6 is 11.3 Å². The number of hydrogen-bond acceptors (Lipinski definition) is 5. The van der Waals surface area contributed by atoms with Crippen molar-refractivity contribution in [3.05, 3.63) is 56.4 Å². The summed E-state index contributed by atoms with van der Waals surface area (Å²) in [5.74, 6) is -0.214. The summed E-state index contributed by atoms with van der Waals surface area (Å²) in [5.41, 5.74) is 3.85. The third kappa shape index (κ3) is 4.13. The molecule has 1 aliphatic carbocycles. The Morgan fingerprint density at radius 2 is 2.06 bits per heavy atom. The molecule has 0 fully saturated rings. The number of rotatable bonds is 5. The van der Waals surface area contributed by atoms with E-state index in [2.05, 4.69) is 11.1 Å². The van der Waals surface area contributed by atoms with Crippen molar-refractivity contribution >= 4 is 33.1 Å². The normalized spacial score (nSPS) is 13.5. The average molecular weight is 435 g/mol. The molecule has 2 aromatic heterocycles. The highest BCUT2D eigenvalue weighted by Crippen LogP contribution is 2.32. The number of carbonyl (C=O) groups excluding carboxylic acids is 1. The Kier molecular flexibility index (Phi) is 6.19. The van der Waals surface area contributed by atoms with E-state index in [1.807, 2.05) is 32.0 Å². The molecule has 0 bridgehead atoms. The van der Waals surface area contributed by atoms with E-state index in [0.29, 0.717) is 5.39 Å². The van der Waals surface area contributed by atoms with Crippen molar-refractivity contribution in [1.29, 1.82) is 5.26 Å². The smallest absolute Gasteiger partial charge is 0.262 e. The molecule has 1 aliphatic rings. The van der Waals surface area contributed by atoms with Gasteiger partial charge in [0.15, 0.2) is 0 Å². The predicted octanol–water partition coefficient (Wildman–Crippen LogP) is 4.29. The molecule has 7 heteroatoms. The van der Waals surface area contributed by atoms with Crippen LogP contribution in [0.5, 0.6) is 0 Å². The lowest BCUT2D eigenvalue weighted by molar-refractivity contribution is -0.119. The number of carbonyl (C=O) groups is 1. The maximum absolute atomic E-state index is 13.3. The van der Waals surface area contributed by atoms with Crippen LogP contribution in [-0.4, -0.2) is 22.0 Å². The summed E-state index contributed by atoms with van der Waals surface area (Å²) in [6, 6.07) is 7.91. The molecular formula is C24H26N4O2S. The Hall–Kier alpha value is -2.98. The maximum atomic E-state index is 13.3. The summed E-state index contributed by atoms with van der Waals surface area (Å²) < 4.78 is 1.42. The van der Waals surface area contributed by atoms with Gasteiger partial charge in [-0.15, -0.1) is 11.3 Å². The van der Waals surface area contributed by atoms with E-state index in [1.165, 1.54) is 22.2 Å². The fourth-order valence-corrected chi connectivity index (χ4v) is 5.49.